The lowest BCUT2D eigenvalue weighted by molar-refractivity contribution is 0.0690. The molecular weight excluding hydrogens is 463 g/mol. The molecule has 1 fully saturated rings. The molecule has 3 aromatic rings. The third-order valence-electron chi connectivity index (χ3n) is 5.85. The lowest BCUT2D eigenvalue weighted by atomic mass is 9.90. The van der Waals surface area contributed by atoms with Gasteiger partial charge in [0.1, 0.15) is 5.82 Å². The summed E-state index contributed by atoms with van der Waals surface area (Å²) in [4.78, 5) is 14.8. The number of hydrogen-bond acceptors (Lipinski definition) is 3. The van der Waals surface area contributed by atoms with Gasteiger partial charge in [0, 0.05) is 18.7 Å². The van der Waals surface area contributed by atoms with Crippen LogP contribution in [0.5, 0.6) is 0 Å². The van der Waals surface area contributed by atoms with E-state index < -0.39 is 15.8 Å². The predicted molar refractivity (Wildman–Crippen MR) is 127 cm³/mol. The summed E-state index contributed by atoms with van der Waals surface area (Å²) in [6.07, 6.45) is 2.83. The van der Waals surface area contributed by atoms with Crippen molar-refractivity contribution in [3.63, 3.8) is 0 Å². The highest BCUT2D eigenvalue weighted by Gasteiger charge is 2.25. The zero-order valence-corrected chi connectivity index (χ0v) is 19.4. The fourth-order valence-electron chi connectivity index (χ4n) is 4.02. The summed E-state index contributed by atoms with van der Waals surface area (Å²) in [6.45, 7) is 1.30. The molecule has 33 heavy (non-hydrogen) atoms. The number of likely N-dealkylation sites (tertiary alicyclic amines) is 1. The Morgan fingerprint density at radius 3 is 2.33 bits per heavy atom. The zero-order valence-electron chi connectivity index (χ0n) is 17.9. The minimum atomic E-state index is -3.98. The van der Waals surface area contributed by atoms with Crippen molar-refractivity contribution in [2.45, 2.75) is 24.2 Å². The van der Waals surface area contributed by atoms with Crippen LogP contribution in [0.1, 0.15) is 28.8 Å². The van der Waals surface area contributed by atoms with Crippen LogP contribution in [0.4, 0.5) is 10.1 Å². The molecule has 0 aliphatic carbocycles. The predicted octanol–water partition coefficient (Wildman–Crippen LogP) is 5.37. The van der Waals surface area contributed by atoms with Crippen LogP contribution >= 0.6 is 11.6 Å². The summed E-state index contributed by atoms with van der Waals surface area (Å²) in [5.74, 6) is -0.168. The quantitative estimate of drug-likeness (QED) is 0.509. The fraction of sp³-hybridized carbons (Fsp3) is 0.240. The van der Waals surface area contributed by atoms with Crippen molar-refractivity contribution in [1.29, 1.82) is 0 Å². The molecule has 1 saturated heterocycles. The van der Waals surface area contributed by atoms with Gasteiger partial charge in [0.05, 0.1) is 15.6 Å². The minimum absolute atomic E-state index is 0.0998. The Hall–Kier alpha value is -2.90. The van der Waals surface area contributed by atoms with Gasteiger partial charge in [-0.3, -0.25) is 9.52 Å². The van der Waals surface area contributed by atoms with E-state index in [-0.39, 0.29) is 21.5 Å². The Balaban J connectivity index is 1.43. The number of nitrogens with one attached hydrogen (secondary N) is 1. The second-order valence-corrected chi connectivity index (χ2v) is 10.3. The molecule has 0 saturated carbocycles. The van der Waals surface area contributed by atoms with Crippen LogP contribution in [0.15, 0.2) is 77.7 Å². The van der Waals surface area contributed by atoms with E-state index in [0.717, 1.165) is 31.4 Å². The van der Waals surface area contributed by atoms with Gasteiger partial charge in [0.15, 0.2) is 0 Å². The van der Waals surface area contributed by atoms with Crippen LogP contribution in [-0.2, 0) is 16.4 Å². The first-order valence-electron chi connectivity index (χ1n) is 10.7. The first kappa shape index (κ1) is 23.3. The molecule has 1 amide bonds. The van der Waals surface area contributed by atoms with Crippen molar-refractivity contribution in [2.24, 2.45) is 5.92 Å². The number of hydrogen-bond donors (Lipinski definition) is 1. The molecule has 0 spiro atoms. The summed E-state index contributed by atoms with van der Waals surface area (Å²) in [7, 11) is -3.98. The maximum atomic E-state index is 13.1. The highest BCUT2D eigenvalue weighted by molar-refractivity contribution is 7.92. The van der Waals surface area contributed by atoms with Crippen molar-refractivity contribution >= 4 is 33.2 Å². The molecule has 3 aromatic carbocycles. The first-order chi connectivity index (χ1) is 15.8. The molecular formula is C25H24ClFN2O3S. The fourth-order valence-corrected chi connectivity index (χ4v) is 5.32. The van der Waals surface area contributed by atoms with E-state index in [0.29, 0.717) is 24.6 Å². The first-order valence-corrected chi connectivity index (χ1v) is 12.6. The number of rotatable bonds is 6. The van der Waals surface area contributed by atoms with Crippen molar-refractivity contribution in [1.82, 2.24) is 4.90 Å². The minimum Gasteiger partial charge on any atom is -0.339 e. The smallest absolute Gasteiger partial charge is 0.261 e. The van der Waals surface area contributed by atoms with Crippen molar-refractivity contribution < 1.29 is 17.6 Å². The molecule has 1 heterocycles. The lowest BCUT2D eigenvalue weighted by Gasteiger charge is -2.32. The summed E-state index contributed by atoms with van der Waals surface area (Å²) in [5.41, 5.74) is 1.77. The molecule has 0 bridgehead atoms. The molecule has 8 heteroatoms. The molecule has 0 unspecified atom stereocenters. The molecule has 1 N–H and O–H groups in total. The van der Waals surface area contributed by atoms with Gasteiger partial charge >= 0.3 is 0 Å². The van der Waals surface area contributed by atoms with Crippen molar-refractivity contribution in [2.75, 3.05) is 17.8 Å². The van der Waals surface area contributed by atoms with E-state index in [1.54, 1.807) is 11.0 Å². The number of piperidine rings is 1. The zero-order chi connectivity index (χ0) is 23.4. The van der Waals surface area contributed by atoms with Gasteiger partial charge in [-0.05, 0) is 73.2 Å². The lowest BCUT2D eigenvalue weighted by Crippen LogP contribution is -2.39. The number of anilines is 1. The Kier molecular flexibility index (Phi) is 7.00. The van der Waals surface area contributed by atoms with E-state index >= 15 is 0 Å². The topological polar surface area (TPSA) is 66.5 Å². The van der Waals surface area contributed by atoms with Crippen LogP contribution in [0, 0.1) is 11.7 Å². The van der Waals surface area contributed by atoms with E-state index in [1.165, 1.54) is 29.8 Å². The number of carbonyl (C=O) groups is 1. The van der Waals surface area contributed by atoms with Gasteiger partial charge in [-0.1, -0.05) is 41.9 Å². The van der Waals surface area contributed by atoms with Gasteiger partial charge < -0.3 is 4.90 Å². The SMILES string of the molecule is O=C(c1ccc(Cl)c(NS(=O)(=O)c2ccc(F)cc2)c1)N1CCC(Cc2ccccc2)CC1. The molecule has 0 radical (unpaired) electrons. The largest absolute Gasteiger partial charge is 0.339 e. The van der Waals surface area contributed by atoms with Crippen LogP contribution < -0.4 is 4.72 Å². The third-order valence-corrected chi connectivity index (χ3v) is 7.56. The molecule has 1 aliphatic heterocycles. The number of nitrogens with zero attached hydrogens (tertiary/aromatic N) is 1. The molecule has 5 nitrogen and oxygen atoms in total. The monoisotopic (exact) mass is 486 g/mol. The van der Waals surface area contributed by atoms with Gasteiger partial charge in [0.2, 0.25) is 0 Å². The van der Waals surface area contributed by atoms with E-state index in [1.807, 2.05) is 18.2 Å². The summed E-state index contributed by atoms with van der Waals surface area (Å²) in [5, 5.41) is 0.166. The van der Waals surface area contributed by atoms with Crippen LogP contribution in [0.2, 0.25) is 5.02 Å². The van der Waals surface area contributed by atoms with Crippen molar-refractivity contribution in [3.05, 3.63) is 94.8 Å². The Morgan fingerprint density at radius 1 is 1.00 bits per heavy atom. The average molecular weight is 487 g/mol. The molecule has 4 rings (SSSR count). The van der Waals surface area contributed by atoms with Crippen LogP contribution in [-0.4, -0.2) is 32.3 Å². The third kappa shape index (κ3) is 5.72. The normalized spacial score (nSPS) is 14.8. The van der Waals surface area contributed by atoms with Gasteiger partial charge in [0.25, 0.3) is 15.9 Å². The maximum Gasteiger partial charge on any atom is 0.261 e. The number of amides is 1. The number of halogens is 2. The molecule has 172 valence electrons. The summed E-state index contributed by atoms with van der Waals surface area (Å²) in [6, 6.07) is 19.3. The Bertz CT molecular complexity index is 1230. The van der Waals surface area contributed by atoms with Gasteiger partial charge in [-0.15, -0.1) is 0 Å². The summed E-state index contributed by atoms with van der Waals surface area (Å²) < 4.78 is 40.8. The Labute approximate surface area is 198 Å². The van der Waals surface area contributed by atoms with E-state index in [9.17, 15) is 17.6 Å². The second kappa shape index (κ2) is 9.93. The average Bonchev–Trinajstić information content (AvgIpc) is 2.81. The van der Waals surface area contributed by atoms with Gasteiger partial charge in [-0.2, -0.15) is 0 Å². The maximum absolute atomic E-state index is 13.1. The van der Waals surface area contributed by atoms with Crippen LogP contribution in [0.3, 0.4) is 0 Å². The number of benzene rings is 3. The Morgan fingerprint density at radius 2 is 1.67 bits per heavy atom. The second-order valence-electron chi connectivity index (χ2n) is 8.18. The van der Waals surface area contributed by atoms with Crippen molar-refractivity contribution in [3.8, 4) is 0 Å². The summed E-state index contributed by atoms with van der Waals surface area (Å²) >= 11 is 6.19. The number of carbonyl (C=O) groups excluding carboxylic acids is 1. The standard InChI is InChI=1S/C25H24ClFN2O3S/c26-23-11-6-20(17-24(23)28-33(31,32)22-9-7-21(27)8-10-22)25(30)29-14-12-19(13-15-29)16-18-4-2-1-3-5-18/h1-11,17,19,28H,12-16H2. The molecule has 0 atom stereocenters. The molecule has 0 aromatic heterocycles. The van der Waals surface area contributed by atoms with E-state index in [2.05, 4.69) is 16.9 Å². The van der Waals surface area contributed by atoms with Crippen LogP contribution in [0.25, 0.3) is 0 Å². The molecule has 1 aliphatic rings. The highest BCUT2D eigenvalue weighted by Crippen LogP contribution is 2.28. The van der Waals surface area contributed by atoms with Gasteiger partial charge in [-0.25, -0.2) is 12.8 Å². The number of sulfonamides is 1. The highest BCUT2D eigenvalue weighted by atomic mass is 35.5. The van der Waals surface area contributed by atoms with E-state index in [4.69, 9.17) is 11.6 Å².